The standard InChI is InChI=1S/C17H22FN5O2/c1-11-14(8-13(19)9-20-11)12-6-15(18)22-16(7-12)21-10-17(24)23-2-4-25-5-3-23/h6-9,17,24H,2-5,10,19H2,1H3,(H,21,22). The fourth-order valence-corrected chi connectivity index (χ4v) is 2.78. The number of nitrogens with zero attached hydrogens (tertiary/aromatic N) is 3. The fraction of sp³-hybridized carbons (Fsp3) is 0.412. The molecular weight excluding hydrogens is 325 g/mol. The van der Waals surface area contributed by atoms with E-state index in [2.05, 4.69) is 15.3 Å². The number of aliphatic hydroxyl groups is 1. The van der Waals surface area contributed by atoms with Crippen molar-refractivity contribution < 1.29 is 14.2 Å². The third kappa shape index (κ3) is 4.41. The number of rotatable bonds is 5. The van der Waals surface area contributed by atoms with Gasteiger partial charge < -0.3 is 20.9 Å². The SMILES string of the molecule is Cc1ncc(N)cc1-c1cc(F)nc(NCC(O)N2CCOCC2)c1. The zero-order chi connectivity index (χ0) is 17.8. The number of aliphatic hydroxyl groups excluding tert-OH is 1. The number of ether oxygens (including phenoxy) is 1. The average Bonchev–Trinajstić information content (AvgIpc) is 2.62. The zero-order valence-electron chi connectivity index (χ0n) is 14.1. The molecule has 1 aliphatic rings. The van der Waals surface area contributed by atoms with E-state index in [0.29, 0.717) is 43.4 Å². The second kappa shape index (κ2) is 7.73. The number of halogens is 1. The van der Waals surface area contributed by atoms with E-state index in [0.717, 1.165) is 11.3 Å². The van der Waals surface area contributed by atoms with Crippen LogP contribution in [0.1, 0.15) is 5.69 Å². The Bertz CT molecular complexity index is 737. The topological polar surface area (TPSA) is 96.5 Å². The Morgan fingerprint density at radius 2 is 2.12 bits per heavy atom. The molecule has 1 fully saturated rings. The summed E-state index contributed by atoms with van der Waals surface area (Å²) >= 11 is 0. The van der Waals surface area contributed by atoms with E-state index >= 15 is 0 Å². The second-order valence-corrected chi connectivity index (χ2v) is 5.98. The Labute approximate surface area is 145 Å². The minimum absolute atomic E-state index is 0.240. The van der Waals surface area contributed by atoms with Gasteiger partial charge in [-0.25, -0.2) is 4.98 Å². The van der Waals surface area contributed by atoms with Crippen LogP contribution in [0.2, 0.25) is 0 Å². The predicted molar refractivity (Wildman–Crippen MR) is 93.5 cm³/mol. The van der Waals surface area contributed by atoms with Crippen LogP contribution in [0.15, 0.2) is 24.4 Å². The molecule has 0 spiro atoms. The van der Waals surface area contributed by atoms with Crippen LogP contribution in [-0.2, 0) is 4.74 Å². The summed E-state index contributed by atoms with van der Waals surface area (Å²) in [5.74, 6) is -0.258. The number of hydrogen-bond acceptors (Lipinski definition) is 7. The van der Waals surface area contributed by atoms with E-state index in [9.17, 15) is 9.50 Å². The van der Waals surface area contributed by atoms with E-state index in [-0.39, 0.29) is 6.54 Å². The molecule has 7 nitrogen and oxygen atoms in total. The van der Waals surface area contributed by atoms with Gasteiger partial charge in [0.2, 0.25) is 5.95 Å². The molecule has 2 aromatic heterocycles. The van der Waals surface area contributed by atoms with Crippen LogP contribution in [-0.4, -0.2) is 59.1 Å². The summed E-state index contributed by atoms with van der Waals surface area (Å²) in [5.41, 5.74) is 8.42. The van der Waals surface area contributed by atoms with Crippen LogP contribution >= 0.6 is 0 Å². The molecule has 25 heavy (non-hydrogen) atoms. The number of hydrogen-bond donors (Lipinski definition) is 3. The van der Waals surface area contributed by atoms with E-state index in [1.807, 2.05) is 11.8 Å². The van der Waals surface area contributed by atoms with Gasteiger partial charge in [-0.2, -0.15) is 4.39 Å². The molecule has 8 heteroatoms. The summed E-state index contributed by atoms with van der Waals surface area (Å²) in [6.45, 7) is 4.60. The maximum absolute atomic E-state index is 13.9. The molecule has 2 aromatic rings. The highest BCUT2D eigenvalue weighted by molar-refractivity contribution is 5.71. The van der Waals surface area contributed by atoms with Crippen LogP contribution in [0.4, 0.5) is 15.9 Å². The van der Waals surface area contributed by atoms with E-state index in [4.69, 9.17) is 10.5 Å². The van der Waals surface area contributed by atoms with Crippen LogP contribution in [0, 0.1) is 12.9 Å². The smallest absolute Gasteiger partial charge is 0.215 e. The van der Waals surface area contributed by atoms with Gasteiger partial charge in [-0.3, -0.25) is 9.88 Å². The Balaban J connectivity index is 1.74. The molecular formula is C17H22FN5O2. The molecule has 0 saturated carbocycles. The van der Waals surface area contributed by atoms with E-state index < -0.39 is 12.2 Å². The summed E-state index contributed by atoms with van der Waals surface area (Å²) in [7, 11) is 0. The number of morpholine rings is 1. The highest BCUT2D eigenvalue weighted by atomic mass is 19.1. The lowest BCUT2D eigenvalue weighted by Gasteiger charge is -2.31. The number of nitrogen functional groups attached to an aromatic ring is 1. The van der Waals surface area contributed by atoms with Gasteiger partial charge in [-0.05, 0) is 24.6 Å². The molecule has 4 N–H and O–H groups in total. The highest BCUT2D eigenvalue weighted by Crippen LogP contribution is 2.26. The van der Waals surface area contributed by atoms with Crippen LogP contribution in [0.3, 0.4) is 0 Å². The quantitative estimate of drug-likeness (QED) is 0.700. The molecule has 1 atom stereocenters. The summed E-state index contributed by atoms with van der Waals surface area (Å²) in [5, 5.41) is 13.2. The zero-order valence-corrected chi connectivity index (χ0v) is 14.1. The predicted octanol–water partition coefficient (Wildman–Crippen LogP) is 1.24. The number of aryl methyl sites for hydroxylation is 1. The first-order valence-electron chi connectivity index (χ1n) is 8.17. The van der Waals surface area contributed by atoms with Crippen molar-refractivity contribution in [2.45, 2.75) is 13.2 Å². The molecule has 134 valence electrons. The molecule has 0 aromatic carbocycles. The van der Waals surface area contributed by atoms with Crippen molar-refractivity contribution in [1.29, 1.82) is 0 Å². The van der Waals surface area contributed by atoms with E-state index in [1.54, 1.807) is 18.3 Å². The monoisotopic (exact) mass is 347 g/mol. The van der Waals surface area contributed by atoms with Crippen molar-refractivity contribution in [3.05, 3.63) is 36.0 Å². The number of nitrogens with two attached hydrogens (primary N) is 1. The molecule has 1 aliphatic heterocycles. The third-order valence-electron chi connectivity index (χ3n) is 4.15. The number of pyridine rings is 2. The lowest BCUT2D eigenvalue weighted by Crippen LogP contribution is -2.46. The maximum Gasteiger partial charge on any atom is 0.215 e. The van der Waals surface area contributed by atoms with Gasteiger partial charge in [0, 0.05) is 30.4 Å². The molecule has 0 amide bonds. The van der Waals surface area contributed by atoms with Gasteiger partial charge in [0.15, 0.2) is 0 Å². The molecule has 0 aliphatic carbocycles. The summed E-state index contributed by atoms with van der Waals surface area (Å²) in [6.07, 6.45) is 0.877. The number of anilines is 2. The summed E-state index contributed by atoms with van der Waals surface area (Å²) in [4.78, 5) is 9.95. The van der Waals surface area contributed by atoms with Crippen molar-refractivity contribution in [3.8, 4) is 11.1 Å². The van der Waals surface area contributed by atoms with Gasteiger partial charge in [0.25, 0.3) is 0 Å². The Morgan fingerprint density at radius 3 is 2.88 bits per heavy atom. The molecule has 1 unspecified atom stereocenters. The second-order valence-electron chi connectivity index (χ2n) is 5.98. The molecule has 3 rings (SSSR count). The van der Waals surface area contributed by atoms with Gasteiger partial charge in [0.1, 0.15) is 12.0 Å². The summed E-state index contributed by atoms with van der Waals surface area (Å²) in [6, 6.07) is 4.81. The number of aromatic nitrogens is 2. The van der Waals surface area contributed by atoms with Crippen molar-refractivity contribution in [3.63, 3.8) is 0 Å². The molecule has 0 radical (unpaired) electrons. The Hall–Kier alpha value is -2.29. The normalized spacial score (nSPS) is 16.6. The first-order valence-corrected chi connectivity index (χ1v) is 8.17. The van der Waals surface area contributed by atoms with Crippen molar-refractivity contribution >= 4 is 11.5 Å². The van der Waals surface area contributed by atoms with Crippen LogP contribution in [0.5, 0.6) is 0 Å². The lowest BCUT2D eigenvalue weighted by molar-refractivity contribution is -0.0515. The lowest BCUT2D eigenvalue weighted by atomic mass is 10.1. The largest absolute Gasteiger partial charge is 0.397 e. The third-order valence-corrected chi connectivity index (χ3v) is 4.15. The first kappa shape index (κ1) is 17.5. The van der Waals surface area contributed by atoms with Crippen LogP contribution in [0.25, 0.3) is 11.1 Å². The molecule has 3 heterocycles. The first-order chi connectivity index (χ1) is 12.0. The van der Waals surface area contributed by atoms with Gasteiger partial charge >= 0.3 is 0 Å². The fourth-order valence-electron chi connectivity index (χ4n) is 2.78. The molecule has 0 bridgehead atoms. The Kier molecular flexibility index (Phi) is 5.42. The van der Waals surface area contributed by atoms with Gasteiger partial charge in [0.05, 0.1) is 31.6 Å². The van der Waals surface area contributed by atoms with E-state index in [1.165, 1.54) is 6.07 Å². The minimum Gasteiger partial charge on any atom is -0.397 e. The highest BCUT2D eigenvalue weighted by Gasteiger charge is 2.18. The number of nitrogens with one attached hydrogen (secondary N) is 1. The minimum atomic E-state index is -0.687. The summed E-state index contributed by atoms with van der Waals surface area (Å²) < 4.78 is 19.2. The average molecular weight is 347 g/mol. The van der Waals surface area contributed by atoms with Crippen molar-refractivity contribution in [2.24, 2.45) is 0 Å². The Morgan fingerprint density at radius 1 is 1.36 bits per heavy atom. The van der Waals surface area contributed by atoms with Gasteiger partial charge in [-0.1, -0.05) is 0 Å². The van der Waals surface area contributed by atoms with Gasteiger partial charge in [-0.15, -0.1) is 0 Å². The van der Waals surface area contributed by atoms with Crippen molar-refractivity contribution in [2.75, 3.05) is 43.9 Å². The van der Waals surface area contributed by atoms with Crippen molar-refractivity contribution in [1.82, 2.24) is 14.9 Å². The maximum atomic E-state index is 13.9. The van der Waals surface area contributed by atoms with Crippen LogP contribution < -0.4 is 11.1 Å². The molecule has 1 saturated heterocycles.